The van der Waals surface area contributed by atoms with E-state index in [1.807, 2.05) is 11.8 Å². The summed E-state index contributed by atoms with van der Waals surface area (Å²) in [6, 6.07) is 13.7. The van der Waals surface area contributed by atoms with Gasteiger partial charge in [0.1, 0.15) is 4.21 Å². The third-order valence-electron chi connectivity index (χ3n) is 4.09. The van der Waals surface area contributed by atoms with E-state index in [4.69, 9.17) is 0 Å². The van der Waals surface area contributed by atoms with Crippen molar-refractivity contribution in [3.63, 3.8) is 0 Å². The van der Waals surface area contributed by atoms with Gasteiger partial charge in [-0.25, -0.2) is 16.8 Å². The Labute approximate surface area is 179 Å². The second-order valence-corrected chi connectivity index (χ2v) is 10.9. The molecule has 8 nitrogen and oxygen atoms in total. The second-order valence-electron chi connectivity index (χ2n) is 6.41. The van der Waals surface area contributed by atoms with Gasteiger partial charge in [0.2, 0.25) is 0 Å². The lowest BCUT2D eigenvalue weighted by atomic mass is 10.2. The Balaban J connectivity index is 1.80. The highest BCUT2D eigenvalue weighted by atomic mass is 32.2. The molecule has 1 aromatic heterocycles. The Kier molecular flexibility index (Phi) is 6.27. The first-order chi connectivity index (χ1) is 14.1. The van der Waals surface area contributed by atoms with Crippen molar-refractivity contribution >= 4 is 43.0 Å². The van der Waals surface area contributed by atoms with Crippen molar-refractivity contribution in [2.75, 3.05) is 4.72 Å². The summed E-state index contributed by atoms with van der Waals surface area (Å²) in [6.45, 7) is 3.49. The second kappa shape index (κ2) is 8.56. The van der Waals surface area contributed by atoms with Crippen LogP contribution in [0.1, 0.15) is 21.5 Å². The van der Waals surface area contributed by atoms with Gasteiger partial charge < -0.3 is 0 Å². The molecule has 0 atom stereocenters. The van der Waals surface area contributed by atoms with Crippen LogP contribution in [0.5, 0.6) is 0 Å². The number of hydrogen-bond donors (Lipinski definition) is 3. The molecular formula is C19H19N3O5S3. The number of benzene rings is 2. The van der Waals surface area contributed by atoms with Crippen LogP contribution in [0, 0.1) is 13.8 Å². The first-order valence-corrected chi connectivity index (χ1v) is 12.5. The van der Waals surface area contributed by atoms with Gasteiger partial charge in [0.05, 0.1) is 16.1 Å². The summed E-state index contributed by atoms with van der Waals surface area (Å²) in [5.74, 6) is -0.812. The molecule has 0 aliphatic heterocycles. The molecule has 0 aliphatic carbocycles. The monoisotopic (exact) mass is 465 g/mol. The van der Waals surface area contributed by atoms with Crippen LogP contribution in [0.4, 0.5) is 5.69 Å². The molecule has 3 N–H and O–H groups in total. The fraction of sp³-hybridized carbons (Fsp3) is 0.105. The van der Waals surface area contributed by atoms with Crippen molar-refractivity contribution in [3.05, 3.63) is 76.7 Å². The number of carbonyl (C=O) groups is 1. The van der Waals surface area contributed by atoms with Gasteiger partial charge in [-0.2, -0.15) is 0 Å². The van der Waals surface area contributed by atoms with Crippen LogP contribution in [0.3, 0.4) is 0 Å². The number of aryl methyl sites for hydroxylation is 2. The molecule has 3 rings (SSSR count). The van der Waals surface area contributed by atoms with Crippen LogP contribution in [0.2, 0.25) is 0 Å². The normalized spacial score (nSPS) is 11.8. The van der Waals surface area contributed by atoms with Gasteiger partial charge in [-0.15, -0.1) is 16.2 Å². The third-order valence-corrected chi connectivity index (χ3v) is 8.27. The summed E-state index contributed by atoms with van der Waals surface area (Å²) >= 11 is 1.03. The van der Waals surface area contributed by atoms with E-state index in [0.29, 0.717) is 5.56 Å². The number of anilines is 1. The quantitative estimate of drug-likeness (QED) is 0.463. The molecule has 0 bridgehead atoms. The Morgan fingerprint density at radius 2 is 1.63 bits per heavy atom. The molecule has 158 valence electrons. The van der Waals surface area contributed by atoms with Gasteiger partial charge in [-0.05, 0) is 49.1 Å². The molecule has 30 heavy (non-hydrogen) atoms. The van der Waals surface area contributed by atoms with E-state index in [-0.39, 0.29) is 20.4 Å². The molecule has 0 radical (unpaired) electrons. The van der Waals surface area contributed by atoms with E-state index in [1.165, 1.54) is 30.3 Å². The van der Waals surface area contributed by atoms with Crippen LogP contribution >= 0.6 is 11.3 Å². The van der Waals surface area contributed by atoms with E-state index < -0.39 is 26.0 Å². The first-order valence-electron chi connectivity index (χ1n) is 8.65. The standard InChI is InChI=1S/C19H19N3O5S3/c1-13-9-10-17(14(2)12-13)29(24,25)22-20-19(23)15-6-3-4-7-16(15)21-30(26,27)18-8-5-11-28-18/h3-12,21-22H,1-2H3,(H,20,23). The lowest BCUT2D eigenvalue weighted by Crippen LogP contribution is -2.42. The van der Waals surface area contributed by atoms with E-state index in [2.05, 4.69) is 10.1 Å². The van der Waals surface area contributed by atoms with E-state index in [9.17, 15) is 21.6 Å². The highest BCUT2D eigenvalue weighted by Gasteiger charge is 2.21. The summed E-state index contributed by atoms with van der Waals surface area (Å²) < 4.78 is 52.4. The number of amides is 1. The van der Waals surface area contributed by atoms with E-state index in [0.717, 1.165) is 16.9 Å². The number of nitrogens with one attached hydrogen (secondary N) is 3. The zero-order valence-corrected chi connectivity index (χ0v) is 18.5. The summed E-state index contributed by atoms with van der Waals surface area (Å²) in [4.78, 5) is 14.7. The number of para-hydroxylation sites is 1. The third kappa shape index (κ3) is 4.87. The number of hydrogen-bond acceptors (Lipinski definition) is 6. The largest absolute Gasteiger partial charge is 0.278 e. The molecule has 0 fully saturated rings. The van der Waals surface area contributed by atoms with Gasteiger partial charge >= 0.3 is 0 Å². The number of sulfonamides is 2. The van der Waals surface area contributed by atoms with Gasteiger partial charge in [0, 0.05) is 0 Å². The Hall–Kier alpha value is -2.73. The Morgan fingerprint density at radius 1 is 0.900 bits per heavy atom. The highest BCUT2D eigenvalue weighted by molar-refractivity contribution is 7.94. The molecule has 11 heteroatoms. The summed E-state index contributed by atoms with van der Waals surface area (Å²) in [7, 11) is -7.89. The molecule has 0 aliphatic rings. The molecule has 2 aromatic carbocycles. The van der Waals surface area contributed by atoms with Crippen molar-refractivity contribution < 1.29 is 21.6 Å². The van der Waals surface area contributed by atoms with Gasteiger partial charge in [-0.1, -0.05) is 35.9 Å². The van der Waals surface area contributed by atoms with Crippen molar-refractivity contribution in [2.45, 2.75) is 23.0 Å². The summed E-state index contributed by atoms with van der Waals surface area (Å²) in [5, 5.41) is 1.62. The number of carbonyl (C=O) groups excluding carboxylic acids is 1. The van der Waals surface area contributed by atoms with Crippen LogP contribution in [-0.4, -0.2) is 22.7 Å². The van der Waals surface area contributed by atoms with Crippen LogP contribution < -0.4 is 15.0 Å². The van der Waals surface area contributed by atoms with Crippen molar-refractivity contribution in [1.29, 1.82) is 0 Å². The van der Waals surface area contributed by atoms with Crippen molar-refractivity contribution in [1.82, 2.24) is 10.3 Å². The van der Waals surface area contributed by atoms with Crippen molar-refractivity contribution in [2.24, 2.45) is 0 Å². The Bertz CT molecular complexity index is 1280. The zero-order valence-electron chi connectivity index (χ0n) is 16.0. The number of rotatable bonds is 7. The first kappa shape index (κ1) is 22.0. The lowest BCUT2D eigenvalue weighted by molar-refractivity contribution is 0.0946. The smallest absolute Gasteiger partial charge is 0.271 e. The number of hydrazine groups is 1. The van der Waals surface area contributed by atoms with Crippen LogP contribution in [0.25, 0.3) is 0 Å². The molecule has 0 unspecified atom stereocenters. The average molecular weight is 466 g/mol. The molecule has 1 heterocycles. The van der Waals surface area contributed by atoms with Gasteiger partial charge in [-0.3, -0.25) is 14.9 Å². The fourth-order valence-corrected chi connectivity index (χ4v) is 5.86. The molecule has 0 spiro atoms. The topological polar surface area (TPSA) is 121 Å². The lowest BCUT2D eigenvalue weighted by Gasteiger charge is -2.13. The molecule has 1 amide bonds. The van der Waals surface area contributed by atoms with Crippen molar-refractivity contribution in [3.8, 4) is 0 Å². The van der Waals surface area contributed by atoms with Gasteiger partial charge in [0.25, 0.3) is 26.0 Å². The maximum Gasteiger partial charge on any atom is 0.271 e. The summed E-state index contributed by atoms with van der Waals surface area (Å²) in [5.41, 5.74) is 3.55. The maximum absolute atomic E-state index is 12.6. The zero-order chi connectivity index (χ0) is 21.9. The Morgan fingerprint density at radius 3 is 2.30 bits per heavy atom. The predicted molar refractivity (Wildman–Crippen MR) is 115 cm³/mol. The fourth-order valence-electron chi connectivity index (χ4n) is 2.72. The maximum atomic E-state index is 12.6. The predicted octanol–water partition coefficient (Wildman–Crippen LogP) is 2.79. The number of thiophene rings is 1. The minimum Gasteiger partial charge on any atom is -0.278 e. The molecule has 0 saturated heterocycles. The molecule has 0 saturated carbocycles. The SMILES string of the molecule is Cc1ccc(S(=O)(=O)NNC(=O)c2ccccc2NS(=O)(=O)c2cccs2)c(C)c1. The minimum absolute atomic E-state index is 0.0223. The average Bonchev–Trinajstić information content (AvgIpc) is 3.22. The molecular weight excluding hydrogens is 446 g/mol. The van der Waals surface area contributed by atoms with E-state index in [1.54, 1.807) is 36.6 Å². The van der Waals surface area contributed by atoms with Crippen LogP contribution in [-0.2, 0) is 20.0 Å². The minimum atomic E-state index is -4.01. The van der Waals surface area contributed by atoms with Crippen LogP contribution in [0.15, 0.2) is 69.1 Å². The van der Waals surface area contributed by atoms with E-state index >= 15 is 0 Å². The molecule has 3 aromatic rings. The highest BCUT2D eigenvalue weighted by Crippen LogP contribution is 2.23. The summed E-state index contributed by atoms with van der Waals surface area (Å²) in [6.07, 6.45) is 0. The van der Waals surface area contributed by atoms with Gasteiger partial charge in [0.15, 0.2) is 0 Å².